The first-order valence-electron chi connectivity index (χ1n) is 3.84. The van der Waals surface area contributed by atoms with Crippen LogP contribution in [0.4, 0.5) is 0 Å². The number of nitrogens with one attached hydrogen (secondary N) is 1. The number of aliphatic hydroxyl groups excluding tert-OH is 1. The molecule has 0 aromatic carbocycles. The van der Waals surface area contributed by atoms with Crippen LogP contribution < -0.4 is 5.32 Å². The number of aliphatic hydroxyl groups is 1. The third-order valence-electron chi connectivity index (χ3n) is 1.97. The quantitative estimate of drug-likeness (QED) is 0.504. The van der Waals surface area contributed by atoms with Crippen LogP contribution in [-0.2, 0) is 4.79 Å². The molecule has 0 bridgehead atoms. The first-order valence-corrected chi connectivity index (χ1v) is 3.84. The molecule has 11 heavy (non-hydrogen) atoms. The molecule has 0 aromatic rings. The molecule has 1 atom stereocenters. The number of amides is 1. The monoisotopic (exact) mass is 158 g/mol. The van der Waals surface area contributed by atoms with Crippen molar-refractivity contribution in [1.82, 2.24) is 10.2 Å². The summed E-state index contributed by atoms with van der Waals surface area (Å²) < 4.78 is 0. The molecule has 0 spiro atoms. The zero-order valence-electron chi connectivity index (χ0n) is 6.71. The third-order valence-corrected chi connectivity index (χ3v) is 1.97. The number of hydrogen-bond donors (Lipinski definition) is 2. The van der Waals surface area contributed by atoms with Crippen molar-refractivity contribution in [2.75, 3.05) is 26.2 Å². The van der Waals surface area contributed by atoms with Gasteiger partial charge in [-0.25, -0.2) is 0 Å². The van der Waals surface area contributed by atoms with Gasteiger partial charge in [0, 0.05) is 26.6 Å². The van der Waals surface area contributed by atoms with Gasteiger partial charge in [-0.05, 0) is 0 Å². The lowest BCUT2D eigenvalue weighted by molar-refractivity contribution is -0.132. The van der Waals surface area contributed by atoms with Gasteiger partial charge >= 0.3 is 0 Å². The molecule has 1 rings (SSSR count). The van der Waals surface area contributed by atoms with Crippen molar-refractivity contribution >= 4 is 5.91 Å². The zero-order chi connectivity index (χ0) is 8.27. The fourth-order valence-electron chi connectivity index (χ4n) is 1.34. The van der Waals surface area contributed by atoms with Crippen molar-refractivity contribution < 1.29 is 9.90 Å². The largest absolute Gasteiger partial charge is 0.394 e. The fourth-order valence-corrected chi connectivity index (χ4v) is 1.34. The summed E-state index contributed by atoms with van der Waals surface area (Å²) in [5.74, 6) is 0.0468. The molecule has 2 N–H and O–H groups in total. The Kier molecular flexibility index (Phi) is 2.84. The lowest BCUT2D eigenvalue weighted by Gasteiger charge is -2.34. The van der Waals surface area contributed by atoms with Crippen molar-refractivity contribution in [1.29, 1.82) is 0 Å². The molecule has 1 heterocycles. The van der Waals surface area contributed by atoms with Crippen LogP contribution >= 0.6 is 0 Å². The van der Waals surface area contributed by atoms with Crippen LogP contribution in [0.25, 0.3) is 0 Å². The Morgan fingerprint density at radius 1 is 1.82 bits per heavy atom. The topological polar surface area (TPSA) is 52.6 Å². The van der Waals surface area contributed by atoms with E-state index in [1.807, 2.05) is 0 Å². The van der Waals surface area contributed by atoms with E-state index in [0.717, 1.165) is 6.54 Å². The summed E-state index contributed by atoms with van der Waals surface area (Å²) >= 11 is 0. The molecule has 1 aliphatic heterocycles. The molecule has 0 aliphatic carbocycles. The number of hydrogen-bond acceptors (Lipinski definition) is 3. The number of rotatable bonds is 1. The molecule has 1 amide bonds. The summed E-state index contributed by atoms with van der Waals surface area (Å²) in [7, 11) is 0. The summed E-state index contributed by atoms with van der Waals surface area (Å²) in [5, 5.41) is 12.0. The first-order chi connectivity index (χ1) is 5.25. The van der Waals surface area contributed by atoms with E-state index < -0.39 is 0 Å². The predicted molar refractivity (Wildman–Crippen MR) is 41.1 cm³/mol. The minimum Gasteiger partial charge on any atom is -0.394 e. The Morgan fingerprint density at radius 3 is 3.00 bits per heavy atom. The van der Waals surface area contributed by atoms with Crippen LogP contribution in [0.1, 0.15) is 6.92 Å². The Bertz CT molecular complexity index is 149. The van der Waals surface area contributed by atoms with Crippen molar-refractivity contribution in [2.24, 2.45) is 0 Å². The highest BCUT2D eigenvalue weighted by Gasteiger charge is 2.22. The van der Waals surface area contributed by atoms with Gasteiger partial charge in [0.2, 0.25) is 5.91 Å². The minimum absolute atomic E-state index is 0.0266. The van der Waals surface area contributed by atoms with Gasteiger partial charge in [-0.1, -0.05) is 0 Å². The van der Waals surface area contributed by atoms with Crippen LogP contribution in [0.3, 0.4) is 0 Å². The Morgan fingerprint density at radius 2 is 2.55 bits per heavy atom. The fraction of sp³-hybridized carbons (Fsp3) is 0.857. The van der Waals surface area contributed by atoms with Gasteiger partial charge in [-0.2, -0.15) is 0 Å². The van der Waals surface area contributed by atoms with E-state index in [0.29, 0.717) is 13.1 Å². The molecule has 0 radical (unpaired) electrons. The molecule has 0 saturated carbocycles. The standard InChI is InChI=1S/C7H14N2O2/c1-6(11)9-3-2-8-4-7(9)5-10/h7-8,10H,2-5H2,1H3/t7-/m1/s1. The van der Waals surface area contributed by atoms with Gasteiger partial charge in [-0.3, -0.25) is 4.79 Å². The highest BCUT2D eigenvalue weighted by atomic mass is 16.3. The Balaban J connectivity index is 2.51. The minimum atomic E-state index is -0.0266. The van der Waals surface area contributed by atoms with Crippen LogP contribution in [-0.4, -0.2) is 48.2 Å². The van der Waals surface area contributed by atoms with Crippen molar-refractivity contribution in [3.8, 4) is 0 Å². The van der Waals surface area contributed by atoms with E-state index in [-0.39, 0.29) is 18.6 Å². The Hall–Kier alpha value is -0.610. The lowest BCUT2D eigenvalue weighted by Crippen LogP contribution is -2.54. The van der Waals surface area contributed by atoms with Gasteiger partial charge in [0.05, 0.1) is 12.6 Å². The van der Waals surface area contributed by atoms with E-state index in [1.54, 1.807) is 4.90 Å². The van der Waals surface area contributed by atoms with Crippen molar-refractivity contribution in [2.45, 2.75) is 13.0 Å². The highest BCUT2D eigenvalue weighted by molar-refractivity contribution is 5.73. The van der Waals surface area contributed by atoms with E-state index in [4.69, 9.17) is 5.11 Å². The maximum absolute atomic E-state index is 11.0. The molecule has 4 heteroatoms. The van der Waals surface area contributed by atoms with E-state index >= 15 is 0 Å². The van der Waals surface area contributed by atoms with Crippen molar-refractivity contribution in [3.05, 3.63) is 0 Å². The second-order valence-corrected chi connectivity index (χ2v) is 2.75. The lowest BCUT2D eigenvalue weighted by atomic mass is 10.2. The second kappa shape index (κ2) is 3.69. The van der Waals surface area contributed by atoms with Crippen LogP contribution in [0.5, 0.6) is 0 Å². The first kappa shape index (κ1) is 8.49. The molecule has 1 saturated heterocycles. The van der Waals surface area contributed by atoms with E-state index in [2.05, 4.69) is 5.32 Å². The summed E-state index contributed by atoms with van der Waals surface area (Å²) in [6.07, 6.45) is 0. The molecule has 1 fully saturated rings. The zero-order valence-corrected chi connectivity index (χ0v) is 6.71. The van der Waals surface area contributed by atoms with Gasteiger partial charge in [0.25, 0.3) is 0 Å². The number of piperazine rings is 1. The smallest absolute Gasteiger partial charge is 0.219 e. The summed E-state index contributed by atoms with van der Waals surface area (Å²) in [4.78, 5) is 12.7. The SMILES string of the molecule is CC(=O)N1CCNC[C@@H]1CO. The summed E-state index contributed by atoms with van der Waals surface area (Å²) in [5.41, 5.74) is 0. The normalized spacial score (nSPS) is 25.3. The van der Waals surface area contributed by atoms with Gasteiger partial charge in [-0.15, -0.1) is 0 Å². The van der Waals surface area contributed by atoms with Gasteiger partial charge in [0.15, 0.2) is 0 Å². The molecule has 64 valence electrons. The van der Waals surface area contributed by atoms with Crippen molar-refractivity contribution in [3.63, 3.8) is 0 Å². The maximum Gasteiger partial charge on any atom is 0.219 e. The van der Waals surface area contributed by atoms with Gasteiger partial charge < -0.3 is 15.3 Å². The predicted octanol–water partition coefficient (Wildman–Crippen LogP) is -1.20. The van der Waals surface area contributed by atoms with Crippen LogP contribution in [0.2, 0.25) is 0 Å². The average molecular weight is 158 g/mol. The molecular formula is C7H14N2O2. The highest BCUT2D eigenvalue weighted by Crippen LogP contribution is 2.01. The van der Waals surface area contributed by atoms with Crippen LogP contribution in [0.15, 0.2) is 0 Å². The third kappa shape index (κ3) is 1.91. The van der Waals surface area contributed by atoms with Gasteiger partial charge in [0.1, 0.15) is 0 Å². The van der Waals surface area contributed by atoms with Crippen LogP contribution in [0, 0.1) is 0 Å². The second-order valence-electron chi connectivity index (χ2n) is 2.75. The maximum atomic E-state index is 11.0. The van der Waals surface area contributed by atoms with E-state index in [1.165, 1.54) is 6.92 Å². The summed E-state index contributed by atoms with van der Waals surface area (Å²) in [6.45, 7) is 3.83. The Labute approximate surface area is 66.2 Å². The molecule has 4 nitrogen and oxygen atoms in total. The molecule has 0 aromatic heterocycles. The molecular weight excluding hydrogens is 144 g/mol. The molecule has 1 aliphatic rings. The average Bonchev–Trinajstić information content (AvgIpc) is 2.04. The molecule has 0 unspecified atom stereocenters. The number of nitrogens with zero attached hydrogens (tertiary/aromatic N) is 1. The number of carbonyl (C=O) groups is 1. The summed E-state index contributed by atoms with van der Waals surface area (Å²) in [6, 6.07) is -0.0266. The number of carbonyl (C=O) groups excluding carboxylic acids is 1. The van der Waals surface area contributed by atoms with E-state index in [9.17, 15) is 4.79 Å².